The first-order chi connectivity index (χ1) is 5.45. The number of hydrogen-bond acceptors (Lipinski definition) is 4. The van der Waals surface area contributed by atoms with Crippen LogP contribution in [-0.4, -0.2) is 22.3 Å². The van der Waals surface area contributed by atoms with E-state index in [2.05, 4.69) is 25.3 Å². The number of carbonyl (C=O) groups excluding carboxylic acids is 2. The highest BCUT2D eigenvalue weighted by Gasteiger charge is 2.14. The zero-order valence-electron chi connectivity index (χ0n) is 6.43. The average molecular weight is 208 g/mol. The van der Waals surface area contributed by atoms with Crippen molar-refractivity contribution in [3.05, 3.63) is 0 Å². The first-order valence-corrected chi connectivity index (χ1v) is 4.43. The summed E-state index contributed by atoms with van der Waals surface area (Å²) >= 11 is 7.81. The van der Waals surface area contributed by atoms with Crippen LogP contribution < -0.4 is 11.5 Å². The zero-order chi connectivity index (χ0) is 9.72. The number of amides is 2. The van der Waals surface area contributed by atoms with E-state index in [9.17, 15) is 9.59 Å². The molecule has 0 spiro atoms. The molecule has 0 aliphatic heterocycles. The van der Waals surface area contributed by atoms with Crippen LogP contribution in [0.1, 0.15) is 12.8 Å². The molecular weight excluding hydrogens is 196 g/mol. The van der Waals surface area contributed by atoms with E-state index in [0.717, 1.165) is 0 Å². The summed E-state index contributed by atoms with van der Waals surface area (Å²) in [6.45, 7) is 0. The van der Waals surface area contributed by atoms with E-state index in [1.807, 2.05) is 0 Å². The lowest BCUT2D eigenvalue weighted by Gasteiger charge is -2.08. The molecule has 4 nitrogen and oxygen atoms in total. The Hall–Kier alpha value is -0.360. The second-order valence-corrected chi connectivity index (χ2v) is 3.66. The topological polar surface area (TPSA) is 86.2 Å². The van der Waals surface area contributed by atoms with Gasteiger partial charge in [-0.3, -0.25) is 9.59 Å². The monoisotopic (exact) mass is 208 g/mol. The van der Waals surface area contributed by atoms with Gasteiger partial charge in [0.2, 0.25) is 11.8 Å². The van der Waals surface area contributed by atoms with Crippen LogP contribution in [0.4, 0.5) is 0 Å². The normalized spacial score (nSPS) is 15.2. The van der Waals surface area contributed by atoms with Crippen LogP contribution >= 0.6 is 25.3 Å². The van der Waals surface area contributed by atoms with Gasteiger partial charge in [-0.05, 0) is 12.8 Å². The van der Waals surface area contributed by atoms with Crippen molar-refractivity contribution in [2.24, 2.45) is 11.5 Å². The van der Waals surface area contributed by atoms with Gasteiger partial charge in [0.15, 0.2) is 0 Å². The van der Waals surface area contributed by atoms with E-state index in [1.165, 1.54) is 0 Å². The largest absolute Gasteiger partial charge is 0.369 e. The van der Waals surface area contributed by atoms with Crippen LogP contribution in [0.5, 0.6) is 0 Å². The zero-order valence-corrected chi connectivity index (χ0v) is 8.22. The maximum absolute atomic E-state index is 10.5. The van der Waals surface area contributed by atoms with Crippen LogP contribution in [0.3, 0.4) is 0 Å². The predicted molar refractivity (Wildman–Crippen MR) is 53.2 cm³/mol. The van der Waals surface area contributed by atoms with Crippen molar-refractivity contribution >= 4 is 37.1 Å². The molecule has 0 saturated heterocycles. The van der Waals surface area contributed by atoms with E-state index in [0.29, 0.717) is 12.8 Å². The fraction of sp³-hybridized carbons (Fsp3) is 0.667. The Labute approximate surface area is 81.9 Å². The SMILES string of the molecule is NC(=O)C(S)CCC(S)C(N)=O. The van der Waals surface area contributed by atoms with Crippen molar-refractivity contribution in [1.29, 1.82) is 0 Å². The van der Waals surface area contributed by atoms with Crippen molar-refractivity contribution in [1.82, 2.24) is 0 Å². The number of primary amides is 2. The summed E-state index contributed by atoms with van der Waals surface area (Å²) in [5.41, 5.74) is 9.88. The average Bonchev–Trinajstić information content (AvgIpc) is 1.98. The van der Waals surface area contributed by atoms with Crippen molar-refractivity contribution in [2.45, 2.75) is 23.3 Å². The van der Waals surface area contributed by atoms with E-state index < -0.39 is 22.3 Å². The standard InChI is InChI=1S/C6H12N2O2S2/c7-5(9)3(11)1-2-4(12)6(8)10/h3-4,11-12H,1-2H2,(H2,7,9)(H2,8,10). The molecule has 0 fully saturated rings. The van der Waals surface area contributed by atoms with Gasteiger partial charge in [0.25, 0.3) is 0 Å². The van der Waals surface area contributed by atoms with Gasteiger partial charge in [-0.1, -0.05) is 0 Å². The first kappa shape index (κ1) is 11.6. The molecule has 0 rings (SSSR count). The lowest BCUT2D eigenvalue weighted by molar-refractivity contribution is -0.119. The highest BCUT2D eigenvalue weighted by Crippen LogP contribution is 2.10. The molecule has 4 N–H and O–H groups in total. The first-order valence-electron chi connectivity index (χ1n) is 3.40. The number of nitrogens with two attached hydrogens (primary N) is 2. The van der Waals surface area contributed by atoms with Gasteiger partial charge in [0.05, 0.1) is 10.5 Å². The summed E-state index contributed by atoms with van der Waals surface area (Å²) in [5.74, 6) is -0.994. The smallest absolute Gasteiger partial charge is 0.230 e. The molecule has 0 aliphatic rings. The molecule has 2 amide bonds. The van der Waals surface area contributed by atoms with Crippen LogP contribution in [0.25, 0.3) is 0 Å². The Balaban J connectivity index is 3.68. The Morgan fingerprint density at radius 2 is 1.25 bits per heavy atom. The highest BCUT2D eigenvalue weighted by atomic mass is 32.1. The summed E-state index contributed by atoms with van der Waals surface area (Å²) in [6.07, 6.45) is 0.825. The molecule has 0 saturated carbocycles. The molecule has 6 heteroatoms. The van der Waals surface area contributed by atoms with Crippen LogP contribution in [0.2, 0.25) is 0 Å². The summed E-state index contributed by atoms with van der Waals surface area (Å²) in [4.78, 5) is 21.0. The van der Waals surface area contributed by atoms with Crippen LogP contribution in [0, 0.1) is 0 Å². The highest BCUT2D eigenvalue weighted by molar-refractivity contribution is 7.82. The Morgan fingerprint density at radius 3 is 1.42 bits per heavy atom. The third-order valence-corrected chi connectivity index (χ3v) is 2.40. The Morgan fingerprint density at radius 1 is 1.00 bits per heavy atom. The lowest BCUT2D eigenvalue weighted by atomic mass is 10.1. The summed E-state index contributed by atoms with van der Waals surface area (Å²) in [5, 5.41) is -1.06. The van der Waals surface area contributed by atoms with Crippen molar-refractivity contribution in [3.8, 4) is 0 Å². The molecule has 0 bridgehead atoms. The number of rotatable bonds is 5. The second-order valence-electron chi connectivity index (χ2n) is 2.41. The van der Waals surface area contributed by atoms with Crippen LogP contribution in [0.15, 0.2) is 0 Å². The molecule has 70 valence electrons. The van der Waals surface area contributed by atoms with Gasteiger partial charge in [0.1, 0.15) is 0 Å². The predicted octanol–water partition coefficient (Wildman–Crippen LogP) is -0.666. The lowest BCUT2D eigenvalue weighted by Crippen LogP contribution is -2.28. The van der Waals surface area contributed by atoms with Crippen molar-refractivity contribution in [3.63, 3.8) is 0 Å². The molecule has 12 heavy (non-hydrogen) atoms. The van der Waals surface area contributed by atoms with Gasteiger partial charge < -0.3 is 11.5 Å². The van der Waals surface area contributed by atoms with E-state index in [-0.39, 0.29) is 0 Å². The molecule has 0 aromatic rings. The summed E-state index contributed by atoms with van der Waals surface area (Å²) in [6, 6.07) is 0. The fourth-order valence-corrected chi connectivity index (χ4v) is 0.898. The molecule has 0 aromatic carbocycles. The Kier molecular flexibility index (Phi) is 5.16. The molecule has 0 heterocycles. The van der Waals surface area contributed by atoms with Crippen molar-refractivity contribution in [2.75, 3.05) is 0 Å². The summed E-state index contributed by atoms with van der Waals surface area (Å²) < 4.78 is 0. The van der Waals surface area contributed by atoms with Gasteiger partial charge in [-0.25, -0.2) is 0 Å². The van der Waals surface area contributed by atoms with Gasteiger partial charge in [-0.15, -0.1) is 0 Å². The number of thiol groups is 2. The fourth-order valence-electron chi connectivity index (χ4n) is 0.600. The molecular formula is C6H12N2O2S2. The number of carbonyl (C=O) groups is 2. The minimum Gasteiger partial charge on any atom is -0.369 e. The second kappa shape index (κ2) is 5.31. The molecule has 2 unspecified atom stereocenters. The molecule has 0 radical (unpaired) electrons. The van der Waals surface area contributed by atoms with Crippen LogP contribution in [-0.2, 0) is 9.59 Å². The third kappa shape index (κ3) is 4.50. The summed E-state index contributed by atoms with van der Waals surface area (Å²) in [7, 11) is 0. The van der Waals surface area contributed by atoms with Gasteiger partial charge in [0, 0.05) is 0 Å². The number of hydrogen-bond donors (Lipinski definition) is 4. The van der Waals surface area contributed by atoms with E-state index in [4.69, 9.17) is 11.5 Å². The minimum absolute atomic E-state index is 0.412. The van der Waals surface area contributed by atoms with E-state index >= 15 is 0 Å². The Bertz CT molecular complexity index is 166. The molecule has 0 aliphatic carbocycles. The maximum atomic E-state index is 10.5. The van der Waals surface area contributed by atoms with Crippen molar-refractivity contribution < 1.29 is 9.59 Å². The van der Waals surface area contributed by atoms with Gasteiger partial charge >= 0.3 is 0 Å². The third-order valence-electron chi connectivity index (χ3n) is 1.37. The van der Waals surface area contributed by atoms with Gasteiger partial charge in [-0.2, -0.15) is 25.3 Å². The molecule has 0 aromatic heterocycles. The minimum atomic E-state index is -0.529. The van der Waals surface area contributed by atoms with E-state index in [1.54, 1.807) is 0 Å². The maximum Gasteiger partial charge on any atom is 0.230 e. The molecule has 2 atom stereocenters. The quantitative estimate of drug-likeness (QED) is 0.452.